The van der Waals surface area contributed by atoms with E-state index in [1.54, 1.807) is 68.6 Å². The number of fused-ring (bicyclic) bond motifs is 1. The lowest BCUT2D eigenvalue weighted by Crippen LogP contribution is -2.18. The average molecular weight is 461 g/mol. The molecule has 0 unspecified atom stereocenters. The van der Waals surface area contributed by atoms with E-state index in [0.29, 0.717) is 34.4 Å². The number of benzene rings is 3. The highest BCUT2D eigenvalue weighted by atomic mass is 32.2. The molecule has 0 aliphatic heterocycles. The SMILES string of the molecule is COc1cc2nccc(Oc3ccc(NC(=O)[N]c4ccccc4SC)cc3)c2cc1OC. The van der Waals surface area contributed by atoms with Crippen LogP contribution < -0.4 is 24.8 Å². The Hall–Kier alpha value is -3.91. The van der Waals surface area contributed by atoms with E-state index in [1.165, 1.54) is 0 Å². The van der Waals surface area contributed by atoms with Crippen molar-refractivity contribution in [1.82, 2.24) is 10.3 Å². The van der Waals surface area contributed by atoms with Gasteiger partial charge in [0.15, 0.2) is 11.5 Å². The van der Waals surface area contributed by atoms with E-state index < -0.39 is 6.03 Å². The number of para-hydroxylation sites is 1. The Bertz CT molecular complexity index is 1280. The van der Waals surface area contributed by atoms with Crippen LogP contribution in [0.3, 0.4) is 0 Å². The third-order valence-electron chi connectivity index (χ3n) is 4.85. The maximum Gasteiger partial charge on any atom is 0.345 e. The van der Waals surface area contributed by atoms with Crippen LogP contribution in [0.1, 0.15) is 0 Å². The highest BCUT2D eigenvalue weighted by Gasteiger charge is 2.12. The van der Waals surface area contributed by atoms with E-state index >= 15 is 0 Å². The zero-order valence-corrected chi connectivity index (χ0v) is 19.2. The molecule has 1 aromatic heterocycles. The molecule has 0 aliphatic carbocycles. The lowest BCUT2D eigenvalue weighted by molar-refractivity contribution is 0.254. The van der Waals surface area contributed by atoms with E-state index in [1.807, 2.05) is 36.6 Å². The van der Waals surface area contributed by atoms with Crippen molar-refractivity contribution in [2.45, 2.75) is 4.90 Å². The van der Waals surface area contributed by atoms with Crippen LogP contribution in [0.25, 0.3) is 10.9 Å². The molecule has 1 heterocycles. The van der Waals surface area contributed by atoms with Gasteiger partial charge in [0, 0.05) is 28.2 Å². The minimum absolute atomic E-state index is 0.439. The van der Waals surface area contributed by atoms with Crippen molar-refractivity contribution < 1.29 is 19.0 Å². The summed E-state index contributed by atoms with van der Waals surface area (Å²) in [7, 11) is 3.17. The van der Waals surface area contributed by atoms with E-state index in [4.69, 9.17) is 14.2 Å². The van der Waals surface area contributed by atoms with Gasteiger partial charge in [-0.25, -0.2) is 4.79 Å². The zero-order chi connectivity index (χ0) is 23.2. The Morgan fingerprint density at radius 1 is 0.939 bits per heavy atom. The summed E-state index contributed by atoms with van der Waals surface area (Å²) < 4.78 is 16.8. The van der Waals surface area contributed by atoms with Gasteiger partial charge in [-0.15, -0.1) is 11.8 Å². The fraction of sp³-hybridized carbons (Fsp3) is 0.120. The van der Waals surface area contributed by atoms with Crippen molar-refractivity contribution in [3.63, 3.8) is 0 Å². The number of urea groups is 1. The minimum atomic E-state index is -0.439. The van der Waals surface area contributed by atoms with Crippen molar-refractivity contribution in [2.75, 3.05) is 25.8 Å². The number of rotatable bonds is 7. The zero-order valence-electron chi connectivity index (χ0n) is 18.4. The summed E-state index contributed by atoms with van der Waals surface area (Å²) in [6.45, 7) is 0. The number of carbonyl (C=O) groups excluding carboxylic acids is 1. The number of hydrogen-bond acceptors (Lipinski definition) is 6. The average Bonchev–Trinajstić information content (AvgIpc) is 2.84. The fourth-order valence-electron chi connectivity index (χ4n) is 3.25. The van der Waals surface area contributed by atoms with Gasteiger partial charge >= 0.3 is 6.03 Å². The molecule has 1 N–H and O–H groups in total. The maximum absolute atomic E-state index is 12.3. The molecule has 8 heteroatoms. The van der Waals surface area contributed by atoms with Gasteiger partial charge in [-0.3, -0.25) is 4.98 Å². The van der Waals surface area contributed by atoms with E-state index in [2.05, 4.69) is 15.6 Å². The van der Waals surface area contributed by atoms with Crippen LogP contribution in [-0.4, -0.2) is 31.5 Å². The minimum Gasteiger partial charge on any atom is -0.493 e. The second kappa shape index (κ2) is 10.1. The van der Waals surface area contributed by atoms with E-state index in [-0.39, 0.29) is 0 Å². The highest BCUT2D eigenvalue weighted by molar-refractivity contribution is 7.98. The van der Waals surface area contributed by atoms with E-state index in [0.717, 1.165) is 15.8 Å². The van der Waals surface area contributed by atoms with Crippen LogP contribution in [0.2, 0.25) is 0 Å². The first kappa shape index (κ1) is 22.3. The molecule has 33 heavy (non-hydrogen) atoms. The van der Waals surface area contributed by atoms with Gasteiger partial charge in [-0.1, -0.05) is 12.1 Å². The molecular weight excluding hydrogens is 438 g/mol. The number of hydrogen-bond donors (Lipinski definition) is 1. The van der Waals surface area contributed by atoms with Gasteiger partial charge in [0.05, 0.1) is 25.4 Å². The van der Waals surface area contributed by atoms with Crippen molar-refractivity contribution in [1.29, 1.82) is 0 Å². The summed E-state index contributed by atoms with van der Waals surface area (Å²) in [6, 6.07) is 19.6. The van der Waals surface area contributed by atoms with Crippen LogP contribution in [-0.2, 0) is 0 Å². The first-order chi connectivity index (χ1) is 16.1. The number of anilines is 1. The smallest absolute Gasteiger partial charge is 0.345 e. The van der Waals surface area contributed by atoms with Crippen LogP contribution in [0.4, 0.5) is 16.2 Å². The van der Waals surface area contributed by atoms with Crippen molar-refractivity contribution in [2.24, 2.45) is 0 Å². The van der Waals surface area contributed by atoms with Crippen molar-refractivity contribution >= 4 is 40.1 Å². The summed E-state index contributed by atoms with van der Waals surface area (Å²) in [5.41, 5.74) is 1.98. The predicted molar refractivity (Wildman–Crippen MR) is 130 cm³/mol. The van der Waals surface area contributed by atoms with Gasteiger partial charge in [0.2, 0.25) is 0 Å². The number of amides is 2. The third-order valence-corrected chi connectivity index (χ3v) is 5.63. The highest BCUT2D eigenvalue weighted by Crippen LogP contribution is 2.37. The first-order valence-corrected chi connectivity index (χ1v) is 11.3. The van der Waals surface area contributed by atoms with Gasteiger partial charge in [0.25, 0.3) is 0 Å². The number of aromatic nitrogens is 1. The Balaban J connectivity index is 1.48. The van der Waals surface area contributed by atoms with Gasteiger partial charge in [0.1, 0.15) is 11.5 Å². The summed E-state index contributed by atoms with van der Waals surface area (Å²) in [5, 5.41) is 7.72. The summed E-state index contributed by atoms with van der Waals surface area (Å²) in [4.78, 5) is 17.7. The molecule has 0 saturated carbocycles. The quantitative estimate of drug-likeness (QED) is 0.329. The molecule has 0 atom stereocenters. The molecule has 4 aromatic rings. The molecule has 0 fully saturated rings. The third kappa shape index (κ3) is 5.12. The molecule has 0 saturated heterocycles. The number of nitrogens with one attached hydrogen (secondary N) is 1. The normalized spacial score (nSPS) is 10.5. The Morgan fingerprint density at radius 2 is 1.67 bits per heavy atom. The monoisotopic (exact) mass is 460 g/mol. The number of ether oxygens (including phenoxy) is 3. The summed E-state index contributed by atoms with van der Waals surface area (Å²) >= 11 is 1.54. The Labute approximate surface area is 196 Å². The largest absolute Gasteiger partial charge is 0.493 e. The van der Waals surface area contributed by atoms with Gasteiger partial charge < -0.3 is 19.5 Å². The molecule has 3 aromatic carbocycles. The van der Waals surface area contributed by atoms with Crippen LogP contribution in [0.15, 0.2) is 77.8 Å². The second-order valence-electron chi connectivity index (χ2n) is 6.87. The molecule has 167 valence electrons. The molecule has 4 rings (SSSR count). The summed E-state index contributed by atoms with van der Waals surface area (Å²) in [5.74, 6) is 2.43. The predicted octanol–water partition coefficient (Wildman–Crippen LogP) is 6.23. The second-order valence-corrected chi connectivity index (χ2v) is 7.72. The Morgan fingerprint density at radius 3 is 2.39 bits per heavy atom. The van der Waals surface area contributed by atoms with Gasteiger partial charge in [-0.05, 0) is 54.8 Å². The molecule has 0 bridgehead atoms. The molecule has 2 amide bonds. The molecule has 0 spiro atoms. The van der Waals surface area contributed by atoms with Crippen LogP contribution in [0, 0.1) is 0 Å². The van der Waals surface area contributed by atoms with Crippen molar-refractivity contribution in [3.8, 4) is 23.0 Å². The number of carbonyl (C=O) groups is 1. The maximum atomic E-state index is 12.3. The number of methoxy groups -OCH3 is 2. The molecular formula is C25H22N3O4S. The van der Waals surface area contributed by atoms with Crippen LogP contribution in [0.5, 0.6) is 23.0 Å². The van der Waals surface area contributed by atoms with Gasteiger partial charge in [-0.2, -0.15) is 5.32 Å². The number of nitrogens with zero attached hydrogens (tertiary/aromatic N) is 2. The topological polar surface area (TPSA) is 83.8 Å². The lowest BCUT2D eigenvalue weighted by Gasteiger charge is -2.13. The molecule has 7 nitrogen and oxygen atoms in total. The van der Waals surface area contributed by atoms with Crippen molar-refractivity contribution in [3.05, 3.63) is 72.9 Å². The van der Waals surface area contributed by atoms with Crippen LogP contribution >= 0.6 is 11.8 Å². The van der Waals surface area contributed by atoms with E-state index in [9.17, 15) is 4.79 Å². The first-order valence-electron chi connectivity index (χ1n) is 10.1. The Kier molecular flexibility index (Phi) is 6.85. The molecule has 1 radical (unpaired) electrons. The summed E-state index contributed by atoms with van der Waals surface area (Å²) in [6.07, 6.45) is 3.62. The fourth-order valence-corrected chi connectivity index (χ4v) is 3.79. The number of thioether (sulfide) groups is 1. The lowest BCUT2D eigenvalue weighted by atomic mass is 10.2. The molecule has 0 aliphatic rings. The standard InChI is InChI=1S/C25H22N3O4S/c1-30-22-14-18-20(15-23(22)31-2)26-13-12-21(18)32-17-10-8-16(9-11-17)27-25(29)28-19-6-4-5-7-24(19)33-3/h4-15H,1-3H3,(H,27,29). The number of pyridine rings is 1.